The highest BCUT2D eigenvalue weighted by molar-refractivity contribution is 7.98. The highest BCUT2D eigenvalue weighted by Crippen LogP contribution is 2.26. The van der Waals surface area contributed by atoms with Crippen LogP contribution in [0.4, 0.5) is 0 Å². The summed E-state index contributed by atoms with van der Waals surface area (Å²) in [6, 6.07) is 7.77. The number of nitrogens with zero attached hydrogens (tertiary/aromatic N) is 3. The molecule has 2 heterocycles. The highest BCUT2D eigenvalue weighted by Gasteiger charge is 2.22. The first-order valence-electron chi connectivity index (χ1n) is 7.62. The molecule has 1 unspecified atom stereocenters. The summed E-state index contributed by atoms with van der Waals surface area (Å²) < 4.78 is 6.77. The van der Waals surface area contributed by atoms with Gasteiger partial charge in [0.05, 0.1) is 18.7 Å². The van der Waals surface area contributed by atoms with Gasteiger partial charge in [0.2, 0.25) is 0 Å². The minimum atomic E-state index is -0.314. The largest absolute Gasteiger partial charge is 0.465 e. The number of aromatic nitrogens is 3. The Labute approximate surface area is 139 Å². The lowest BCUT2D eigenvalue weighted by atomic mass is 10.1. The number of hydrogen-bond acceptors (Lipinski definition) is 6. The van der Waals surface area contributed by atoms with Crippen LogP contribution in [0.5, 0.6) is 0 Å². The Morgan fingerprint density at radius 2 is 2.17 bits per heavy atom. The van der Waals surface area contributed by atoms with Crippen LogP contribution in [-0.2, 0) is 17.5 Å². The Hall–Kier alpha value is -1.86. The molecule has 0 spiro atoms. The van der Waals surface area contributed by atoms with Crippen LogP contribution in [0.3, 0.4) is 0 Å². The fourth-order valence-electron chi connectivity index (χ4n) is 2.66. The summed E-state index contributed by atoms with van der Waals surface area (Å²) in [6.45, 7) is 1.05. The van der Waals surface area contributed by atoms with E-state index < -0.39 is 0 Å². The van der Waals surface area contributed by atoms with Crippen LogP contribution < -0.4 is 5.32 Å². The Balaban J connectivity index is 1.63. The Kier molecular flexibility index (Phi) is 4.97. The van der Waals surface area contributed by atoms with E-state index in [1.54, 1.807) is 23.9 Å². The van der Waals surface area contributed by atoms with Gasteiger partial charge in [-0.3, -0.25) is 0 Å². The molecule has 1 fully saturated rings. The number of nitrogens with one attached hydrogen (secondary N) is 1. The second-order valence-electron chi connectivity index (χ2n) is 5.53. The Morgan fingerprint density at radius 3 is 2.83 bits per heavy atom. The molecule has 0 radical (unpaired) electrons. The second kappa shape index (κ2) is 7.14. The van der Waals surface area contributed by atoms with Crippen molar-refractivity contribution in [3.63, 3.8) is 0 Å². The summed E-state index contributed by atoms with van der Waals surface area (Å²) in [4.78, 5) is 11.4. The van der Waals surface area contributed by atoms with Crippen LogP contribution in [0.2, 0.25) is 0 Å². The fourth-order valence-corrected chi connectivity index (χ4v) is 3.54. The van der Waals surface area contributed by atoms with E-state index in [2.05, 4.69) is 20.1 Å². The van der Waals surface area contributed by atoms with Crippen LogP contribution in [0.1, 0.15) is 40.6 Å². The van der Waals surface area contributed by atoms with Gasteiger partial charge < -0.3 is 14.6 Å². The zero-order valence-corrected chi connectivity index (χ0v) is 14.1. The minimum absolute atomic E-state index is 0.314. The Morgan fingerprint density at radius 1 is 1.39 bits per heavy atom. The maximum atomic E-state index is 11.4. The molecule has 0 saturated carbocycles. The van der Waals surface area contributed by atoms with Crippen LogP contribution in [0.15, 0.2) is 29.4 Å². The van der Waals surface area contributed by atoms with Crippen LogP contribution in [0.25, 0.3) is 0 Å². The zero-order valence-electron chi connectivity index (χ0n) is 13.3. The average Bonchev–Trinajstić information content (AvgIpc) is 3.22. The number of benzene rings is 1. The van der Waals surface area contributed by atoms with Gasteiger partial charge in [-0.1, -0.05) is 23.9 Å². The molecule has 3 rings (SSSR count). The summed E-state index contributed by atoms with van der Waals surface area (Å²) in [5.74, 6) is 1.48. The molecule has 1 aromatic carbocycles. The van der Waals surface area contributed by atoms with Gasteiger partial charge in [0.15, 0.2) is 11.0 Å². The molecule has 1 atom stereocenters. The van der Waals surface area contributed by atoms with Crippen molar-refractivity contribution in [2.24, 2.45) is 7.05 Å². The predicted octanol–water partition coefficient (Wildman–Crippen LogP) is 2.32. The van der Waals surface area contributed by atoms with Crippen LogP contribution in [0, 0.1) is 0 Å². The van der Waals surface area contributed by atoms with Crippen LogP contribution >= 0.6 is 11.8 Å². The lowest BCUT2D eigenvalue weighted by molar-refractivity contribution is 0.0600. The maximum absolute atomic E-state index is 11.4. The smallest absolute Gasteiger partial charge is 0.337 e. The number of thioether (sulfide) groups is 1. The Bertz CT molecular complexity index is 678. The molecule has 1 N–H and O–H groups in total. The molecule has 7 heteroatoms. The molecule has 2 aromatic rings. The van der Waals surface area contributed by atoms with Crippen molar-refractivity contribution in [1.82, 2.24) is 20.1 Å². The molecule has 1 aromatic heterocycles. The quantitative estimate of drug-likeness (QED) is 0.669. The summed E-state index contributed by atoms with van der Waals surface area (Å²) in [7, 11) is 3.40. The van der Waals surface area contributed by atoms with Gasteiger partial charge in [0.1, 0.15) is 0 Å². The van der Waals surface area contributed by atoms with E-state index in [-0.39, 0.29) is 5.97 Å². The van der Waals surface area contributed by atoms with Gasteiger partial charge >= 0.3 is 5.97 Å². The molecular formula is C16H20N4O2S. The van der Waals surface area contributed by atoms with E-state index >= 15 is 0 Å². The first kappa shape index (κ1) is 16.0. The number of carbonyl (C=O) groups is 1. The van der Waals surface area contributed by atoms with Crippen molar-refractivity contribution in [2.75, 3.05) is 13.7 Å². The lowest BCUT2D eigenvalue weighted by Gasteiger charge is -2.09. The summed E-state index contributed by atoms with van der Waals surface area (Å²) in [6.07, 6.45) is 2.30. The molecule has 1 aliphatic rings. The standard InChI is InChI=1S/C16H20N4O2S/c1-20-14(13-4-3-9-17-13)18-19-16(20)23-10-11-5-7-12(8-6-11)15(21)22-2/h5-8,13,17H,3-4,9-10H2,1-2H3. The molecule has 0 amide bonds. The summed E-state index contributed by atoms with van der Waals surface area (Å²) >= 11 is 1.65. The number of esters is 1. The number of hydrogen-bond donors (Lipinski definition) is 1. The molecule has 23 heavy (non-hydrogen) atoms. The fraction of sp³-hybridized carbons (Fsp3) is 0.438. The topological polar surface area (TPSA) is 69.0 Å². The van der Waals surface area contributed by atoms with E-state index in [1.165, 1.54) is 13.5 Å². The van der Waals surface area contributed by atoms with Crippen molar-refractivity contribution in [3.8, 4) is 0 Å². The number of carbonyl (C=O) groups excluding carboxylic acids is 1. The zero-order chi connectivity index (χ0) is 16.2. The molecule has 1 saturated heterocycles. The van der Waals surface area contributed by atoms with E-state index in [9.17, 15) is 4.79 Å². The monoisotopic (exact) mass is 332 g/mol. The van der Waals surface area contributed by atoms with E-state index in [0.717, 1.165) is 35.3 Å². The molecular weight excluding hydrogens is 312 g/mol. The molecule has 1 aliphatic heterocycles. The molecule has 0 aliphatic carbocycles. The molecule has 122 valence electrons. The van der Waals surface area contributed by atoms with Gasteiger partial charge in [0, 0.05) is 12.8 Å². The first-order chi connectivity index (χ1) is 11.2. The number of methoxy groups -OCH3 is 1. The third kappa shape index (κ3) is 3.56. The number of ether oxygens (including phenoxy) is 1. The highest BCUT2D eigenvalue weighted by atomic mass is 32.2. The van der Waals surface area contributed by atoms with E-state index in [1.807, 2.05) is 19.2 Å². The lowest BCUT2D eigenvalue weighted by Crippen LogP contribution is -2.17. The number of rotatable bonds is 5. The van der Waals surface area contributed by atoms with Gasteiger partial charge in [-0.2, -0.15) is 0 Å². The van der Waals surface area contributed by atoms with E-state index in [4.69, 9.17) is 4.74 Å². The van der Waals surface area contributed by atoms with Crippen molar-refractivity contribution in [2.45, 2.75) is 29.8 Å². The molecule has 0 bridgehead atoms. The third-order valence-electron chi connectivity index (χ3n) is 3.98. The third-order valence-corrected chi connectivity index (χ3v) is 5.07. The minimum Gasteiger partial charge on any atom is -0.465 e. The summed E-state index contributed by atoms with van der Waals surface area (Å²) in [5, 5.41) is 13.0. The second-order valence-corrected chi connectivity index (χ2v) is 6.47. The van der Waals surface area contributed by atoms with Crippen molar-refractivity contribution in [3.05, 3.63) is 41.2 Å². The molecule has 6 nitrogen and oxygen atoms in total. The van der Waals surface area contributed by atoms with Gasteiger partial charge in [0.25, 0.3) is 0 Å². The predicted molar refractivity (Wildman–Crippen MR) is 88.3 cm³/mol. The van der Waals surface area contributed by atoms with Crippen molar-refractivity contribution < 1.29 is 9.53 Å². The van der Waals surface area contributed by atoms with Crippen molar-refractivity contribution in [1.29, 1.82) is 0 Å². The van der Waals surface area contributed by atoms with Gasteiger partial charge in [-0.25, -0.2) is 4.79 Å². The summed E-state index contributed by atoms with van der Waals surface area (Å²) in [5.41, 5.74) is 1.70. The average molecular weight is 332 g/mol. The maximum Gasteiger partial charge on any atom is 0.337 e. The van der Waals surface area contributed by atoms with Gasteiger partial charge in [-0.15, -0.1) is 10.2 Å². The van der Waals surface area contributed by atoms with Gasteiger partial charge in [-0.05, 0) is 37.1 Å². The van der Waals surface area contributed by atoms with Crippen molar-refractivity contribution >= 4 is 17.7 Å². The normalized spacial score (nSPS) is 17.4. The first-order valence-corrected chi connectivity index (χ1v) is 8.60. The van der Waals surface area contributed by atoms with E-state index in [0.29, 0.717) is 11.6 Å². The van der Waals surface area contributed by atoms with Crippen LogP contribution in [-0.4, -0.2) is 34.4 Å². The SMILES string of the molecule is COC(=O)c1ccc(CSc2nnc(C3CCCN3)n2C)cc1.